The molecule has 6 rings (SSSR count). The molecular formula is C26H24Br2N4O2. The molecule has 0 aliphatic carbocycles. The Balaban J connectivity index is 1.61. The number of para-hydroxylation sites is 2. The summed E-state index contributed by atoms with van der Waals surface area (Å²) in [6.07, 6.45) is 3.35. The van der Waals surface area contributed by atoms with Gasteiger partial charge in [0.05, 0.1) is 11.4 Å². The standard InChI is InChI=1S/C26H24Br2N4O2/c27-21-9-17-13-29-23-3-1-2-4-24(23)30-14-18-10-22(28)12-20(26(18)34)16-32-7-5-31(6-8-32)15-19(11-21)25(17)33/h1-4,9-14,33-34H,5-8,15-16H2. The van der Waals surface area contributed by atoms with Gasteiger partial charge in [0.25, 0.3) is 0 Å². The lowest BCUT2D eigenvalue weighted by molar-refractivity contribution is 0.120. The molecule has 1 saturated heterocycles. The van der Waals surface area contributed by atoms with Crippen LogP contribution in [-0.4, -0.2) is 58.6 Å². The quantitative estimate of drug-likeness (QED) is 0.353. The third kappa shape index (κ3) is 5.10. The maximum atomic E-state index is 11.0. The van der Waals surface area contributed by atoms with Crippen LogP contribution in [0.3, 0.4) is 0 Å². The van der Waals surface area contributed by atoms with Gasteiger partial charge >= 0.3 is 0 Å². The lowest BCUT2D eigenvalue weighted by Gasteiger charge is -2.35. The van der Waals surface area contributed by atoms with Gasteiger partial charge in [-0.1, -0.05) is 44.0 Å². The number of fused-ring (bicyclic) bond motifs is 2. The van der Waals surface area contributed by atoms with Crippen LogP contribution in [0.15, 0.2) is 67.5 Å². The minimum Gasteiger partial charge on any atom is -0.507 e. The van der Waals surface area contributed by atoms with Gasteiger partial charge in [-0.05, 0) is 36.4 Å². The van der Waals surface area contributed by atoms with Crippen LogP contribution in [0.4, 0.5) is 11.4 Å². The number of piperazine rings is 1. The lowest BCUT2D eigenvalue weighted by Crippen LogP contribution is -2.45. The van der Waals surface area contributed by atoms with Gasteiger partial charge in [0, 0.05) is 82.9 Å². The van der Waals surface area contributed by atoms with E-state index in [1.54, 1.807) is 12.4 Å². The maximum Gasteiger partial charge on any atom is 0.128 e. The molecule has 3 aromatic carbocycles. The van der Waals surface area contributed by atoms with Crippen molar-refractivity contribution >= 4 is 55.7 Å². The van der Waals surface area contributed by atoms with Crippen LogP contribution in [0, 0.1) is 0 Å². The molecule has 0 atom stereocenters. The normalized spacial score (nSPS) is 19.9. The fourth-order valence-electron chi connectivity index (χ4n) is 4.34. The van der Waals surface area contributed by atoms with Gasteiger partial charge < -0.3 is 10.2 Å². The van der Waals surface area contributed by atoms with Crippen molar-refractivity contribution in [1.82, 2.24) is 9.80 Å². The molecule has 34 heavy (non-hydrogen) atoms. The van der Waals surface area contributed by atoms with E-state index in [9.17, 15) is 10.2 Å². The van der Waals surface area contributed by atoms with Gasteiger partial charge in [-0.3, -0.25) is 19.8 Å². The molecule has 0 unspecified atom stereocenters. The van der Waals surface area contributed by atoms with Gasteiger partial charge in [-0.25, -0.2) is 0 Å². The molecule has 0 aromatic heterocycles. The summed E-state index contributed by atoms with van der Waals surface area (Å²) < 4.78 is 1.81. The monoisotopic (exact) mass is 582 g/mol. The van der Waals surface area contributed by atoms with Crippen LogP contribution >= 0.6 is 31.9 Å². The zero-order valence-corrected chi connectivity index (χ0v) is 21.6. The van der Waals surface area contributed by atoms with E-state index in [0.717, 1.165) is 46.3 Å². The van der Waals surface area contributed by atoms with Crippen LogP contribution in [0.1, 0.15) is 22.3 Å². The average Bonchev–Trinajstić information content (AvgIpc) is 2.82. The van der Waals surface area contributed by atoms with Crippen molar-refractivity contribution in [1.29, 1.82) is 0 Å². The molecule has 6 nitrogen and oxygen atoms in total. The van der Waals surface area contributed by atoms with E-state index in [1.165, 1.54) is 0 Å². The molecule has 8 heteroatoms. The second kappa shape index (κ2) is 10.00. The van der Waals surface area contributed by atoms with Crippen molar-refractivity contribution in [2.75, 3.05) is 26.2 Å². The number of phenolic OH excluding ortho intramolecular Hbond substituents is 2. The van der Waals surface area contributed by atoms with Crippen molar-refractivity contribution in [3.8, 4) is 11.5 Å². The third-order valence-electron chi connectivity index (χ3n) is 6.19. The Morgan fingerprint density at radius 1 is 0.647 bits per heavy atom. The molecule has 6 bridgehead atoms. The predicted octanol–water partition coefficient (Wildman–Crippen LogP) is 5.76. The maximum absolute atomic E-state index is 11.0. The number of nitrogens with zero attached hydrogens (tertiary/aromatic N) is 4. The summed E-state index contributed by atoms with van der Waals surface area (Å²) in [6, 6.07) is 15.2. The van der Waals surface area contributed by atoms with Gasteiger partial charge in [-0.2, -0.15) is 0 Å². The summed E-state index contributed by atoms with van der Waals surface area (Å²) in [6.45, 7) is 4.84. The Hall–Kier alpha value is -2.52. The van der Waals surface area contributed by atoms with Crippen molar-refractivity contribution in [3.63, 3.8) is 0 Å². The molecule has 3 aromatic rings. The van der Waals surface area contributed by atoms with E-state index < -0.39 is 0 Å². The average molecular weight is 584 g/mol. The molecule has 3 aliphatic rings. The topological polar surface area (TPSA) is 71.7 Å². The number of phenols is 2. The smallest absolute Gasteiger partial charge is 0.128 e. The first-order chi connectivity index (χ1) is 16.5. The summed E-state index contributed by atoms with van der Waals surface area (Å²) in [4.78, 5) is 14.0. The number of aliphatic imine (C=N–C) groups is 2. The Morgan fingerprint density at radius 3 is 1.47 bits per heavy atom. The van der Waals surface area contributed by atoms with E-state index in [0.29, 0.717) is 35.6 Å². The van der Waals surface area contributed by atoms with Gasteiger partial charge in [0.15, 0.2) is 0 Å². The summed E-state index contributed by atoms with van der Waals surface area (Å²) in [5.41, 5.74) is 4.38. The number of aromatic hydroxyl groups is 2. The van der Waals surface area contributed by atoms with Crippen LogP contribution in [0.5, 0.6) is 11.5 Å². The highest BCUT2D eigenvalue weighted by Gasteiger charge is 2.21. The van der Waals surface area contributed by atoms with Gasteiger partial charge in [-0.15, -0.1) is 0 Å². The highest BCUT2D eigenvalue weighted by Crippen LogP contribution is 2.33. The number of benzene rings is 3. The summed E-state index contributed by atoms with van der Waals surface area (Å²) >= 11 is 7.17. The molecular weight excluding hydrogens is 560 g/mol. The Morgan fingerprint density at radius 2 is 1.06 bits per heavy atom. The first kappa shape index (κ1) is 23.2. The number of rotatable bonds is 0. The molecule has 174 valence electrons. The molecule has 0 amide bonds. The van der Waals surface area contributed by atoms with E-state index in [1.807, 2.05) is 48.5 Å². The predicted molar refractivity (Wildman–Crippen MR) is 143 cm³/mol. The molecule has 2 N–H and O–H groups in total. The fraction of sp³-hybridized carbons (Fsp3) is 0.231. The van der Waals surface area contributed by atoms with Crippen LogP contribution in [0.25, 0.3) is 0 Å². The molecule has 0 saturated carbocycles. The zero-order valence-electron chi connectivity index (χ0n) is 18.5. The fourth-order valence-corrected chi connectivity index (χ4v) is 5.39. The zero-order chi connectivity index (χ0) is 23.7. The van der Waals surface area contributed by atoms with Crippen LogP contribution in [0.2, 0.25) is 0 Å². The highest BCUT2D eigenvalue weighted by atomic mass is 79.9. The molecule has 1 fully saturated rings. The van der Waals surface area contributed by atoms with Crippen molar-refractivity contribution in [2.45, 2.75) is 13.1 Å². The van der Waals surface area contributed by atoms with Gasteiger partial charge in [0.2, 0.25) is 0 Å². The SMILES string of the molecule is Oc1c2cc(Br)cc1CN1CCN(CC1)Cc1cc(Br)cc(c1O)C=Nc1ccccc1N=C2. The van der Waals surface area contributed by atoms with Crippen molar-refractivity contribution in [3.05, 3.63) is 79.7 Å². The third-order valence-corrected chi connectivity index (χ3v) is 7.10. The first-order valence-electron chi connectivity index (χ1n) is 11.1. The van der Waals surface area contributed by atoms with Crippen LogP contribution < -0.4 is 0 Å². The van der Waals surface area contributed by atoms with Crippen LogP contribution in [-0.2, 0) is 13.1 Å². The Bertz CT molecular complexity index is 1190. The number of hydrogen-bond donors (Lipinski definition) is 2. The minimum atomic E-state index is 0.251. The Labute approximate surface area is 215 Å². The summed E-state index contributed by atoms with van der Waals surface area (Å²) in [5, 5.41) is 21.9. The molecule has 0 spiro atoms. The first-order valence-corrected chi connectivity index (χ1v) is 12.7. The molecule has 3 heterocycles. The van der Waals surface area contributed by atoms with Gasteiger partial charge in [0.1, 0.15) is 11.5 Å². The second-order valence-corrected chi connectivity index (χ2v) is 10.4. The van der Waals surface area contributed by atoms with E-state index in [4.69, 9.17) is 0 Å². The van der Waals surface area contributed by atoms with E-state index >= 15 is 0 Å². The minimum absolute atomic E-state index is 0.251. The largest absolute Gasteiger partial charge is 0.507 e. The van der Waals surface area contributed by atoms with E-state index in [-0.39, 0.29) is 11.5 Å². The van der Waals surface area contributed by atoms with Crippen molar-refractivity contribution < 1.29 is 10.2 Å². The molecule has 3 aliphatic heterocycles. The molecule has 0 radical (unpaired) electrons. The van der Waals surface area contributed by atoms with E-state index in [2.05, 4.69) is 51.6 Å². The number of hydrogen-bond acceptors (Lipinski definition) is 6. The second-order valence-electron chi connectivity index (χ2n) is 8.56. The highest BCUT2D eigenvalue weighted by molar-refractivity contribution is 9.10. The summed E-state index contributed by atoms with van der Waals surface area (Å²) in [5.74, 6) is 0.502. The van der Waals surface area contributed by atoms with Crippen molar-refractivity contribution in [2.24, 2.45) is 9.98 Å². The lowest BCUT2D eigenvalue weighted by atomic mass is 10.1. The number of halogens is 2. The Kier molecular flexibility index (Phi) is 6.83. The summed E-state index contributed by atoms with van der Waals surface area (Å²) in [7, 11) is 0.